The maximum Gasteiger partial charge on any atom is 0.192 e. The molecule has 0 aliphatic heterocycles. The molecule has 0 fully saturated rings. The summed E-state index contributed by atoms with van der Waals surface area (Å²) in [7, 11) is -1.68. The molecule has 0 bridgehead atoms. The fourth-order valence-electron chi connectivity index (χ4n) is 0.904. The van der Waals surface area contributed by atoms with Crippen LogP contribution in [-0.2, 0) is 4.43 Å². The zero-order chi connectivity index (χ0) is 11.8. The van der Waals surface area contributed by atoms with Crippen LogP contribution in [0.25, 0.3) is 0 Å². The highest BCUT2D eigenvalue weighted by molar-refractivity contribution is 6.74. The summed E-state index contributed by atoms with van der Waals surface area (Å²) >= 11 is 0. The van der Waals surface area contributed by atoms with Gasteiger partial charge in [-0.25, -0.2) is 0 Å². The Kier molecular flexibility index (Phi) is 3.99. The first-order valence-electron chi connectivity index (χ1n) is 5.36. The molecule has 0 rings (SSSR count). The lowest BCUT2D eigenvalue weighted by atomic mass is 10.0. The van der Waals surface area contributed by atoms with Crippen molar-refractivity contribution in [3.8, 4) is 0 Å². The molecule has 0 heterocycles. The topological polar surface area (TPSA) is 35.2 Å². The third kappa shape index (κ3) is 3.37. The molecule has 0 aliphatic carbocycles. The quantitative estimate of drug-likeness (QED) is 0.737. The molecule has 14 heavy (non-hydrogen) atoms. The van der Waals surface area contributed by atoms with Gasteiger partial charge in [0.25, 0.3) is 0 Å². The molecule has 0 aromatic carbocycles. The van der Waals surface area contributed by atoms with Crippen molar-refractivity contribution in [1.82, 2.24) is 0 Å². The van der Waals surface area contributed by atoms with Crippen LogP contribution in [0, 0.1) is 0 Å². The SMILES string of the molecule is C[C@H](N)C(C)(C)O[Si](C)(C)C(C)(C)C. The molecule has 0 radical (unpaired) electrons. The van der Waals surface area contributed by atoms with Crippen molar-refractivity contribution in [2.75, 3.05) is 0 Å². The minimum absolute atomic E-state index is 0.0663. The molecule has 0 aliphatic rings. The van der Waals surface area contributed by atoms with Crippen LogP contribution in [0.4, 0.5) is 0 Å². The van der Waals surface area contributed by atoms with Gasteiger partial charge in [-0.2, -0.15) is 0 Å². The van der Waals surface area contributed by atoms with E-state index in [-0.39, 0.29) is 16.7 Å². The highest BCUT2D eigenvalue weighted by atomic mass is 28.4. The zero-order valence-corrected chi connectivity index (χ0v) is 12.1. The summed E-state index contributed by atoms with van der Waals surface area (Å²) in [5.41, 5.74) is 5.70. The fourth-order valence-corrected chi connectivity index (χ4v) is 2.71. The summed E-state index contributed by atoms with van der Waals surface area (Å²) in [6.07, 6.45) is 0. The van der Waals surface area contributed by atoms with E-state index in [1.165, 1.54) is 0 Å². The highest BCUT2D eigenvalue weighted by Crippen LogP contribution is 2.39. The van der Waals surface area contributed by atoms with Gasteiger partial charge in [-0.1, -0.05) is 20.8 Å². The van der Waals surface area contributed by atoms with E-state index in [1.54, 1.807) is 0 Å². The summed E-state index contributed by atoms with van der Waals surface area (Å²) in [6.45, 7) is 17.4. The van der Waals surface area contributed by atoms with Crippen LogP contribution in [0.1, 0.15) is 41.5 Å². The fraction of sp³-hybridized carbons (Fsp3) is 1.00. The second kappa shape index (κ2) is 3.95. The standard InChI is InChI=1S/C11H27NOSi/c1-9(12)11(5,6)13-14(7,8)10(2,3)4/h9H,12H2,1-8H3/t9-/m0/s1. The second-order valence-corrected chi connectivity index (χ2v) is 11.0. The van der Waals surface area contributed by atoms with E-state index in [9.17, 15) is 0 Å². The van der Waals surface area contributed by atoms with Crippen LogP contribution >= 0.6 is 0 Å². The molecule has 86 valence electrons. The van der Waals surface area contributed by atoms with Crippen LogP contribution in [0.5, 0.6) is 0 Å². The molecule has 0 aromatic rings. The Morgan fingerprint density at radius 2 is 1.43 bits per heavy atom. The number of nitrogens with two attached hydrogens (primary N) is 1. The Labute approximate surface area is 90.3 Å². The van der Waals surface area contributed by atoms with Gasteiger partial charge in [0.15, 0.2) is 8.32 Å². The van der Waals surface area contributed by atoms with Crippen LogP contribution in [0.2, 0.25) is 18.1 Å². The summed E-state index contributed by atoms with van der Waals surface area (Å²) in [5, 5.41) is 0.249. The Morgan fingerprint density at radius 1 is 1.07 bits per heavy atom. The van der Waals surface area contributed by atoms with Crippen molar-refractivity contribution in [3.63, 3.8) is 0 Å². The Morgan fingerprint density at radius 3 is 1.64 bits per heavy atom. The van der Waals surface area contributed by atoms with Gasteiger partial charge < -0.3 is 10.2 Å². The first-order chi connectivity index (χ1) is 5.90. The maximum atomic E-state index is 6.27. The van der Waals surface area contributed by atoms with Crippen molar-refractivity contribution in [1.29, 1.82) is 0 Å². The van der Waals surface area contributed by atoms with Crippen LogP contribution in [0.3, 0.4) is 0 Å². The van der Waals surface area contributed by atoms with Crippen molar-refractivity contribution in [2.24, 2.45) is 5.73 Å². The molecule has 3 heteroatoms. The van der Waals surface area contributed by atoms with E-state index in [1.807, 2.05) is 6.92 Å². The van der Waals surface area contributed by atoms with E-state index < -0.39 is 8.32 Å². The molecule has 0 unspecified atom stereocenters. The lowest BCUT2D eigenvalue weighted by Crippen LogP contribution is -2.53. The van der Waals surface area contributed by atoms with Crippen LogP contribution in [0.15, 0.2) is 0 Å². The first-order valence-corrected chi connectivity index (χ1v) is 8.27. The minimum Gasteiger partial charge on any atom is -0.410 e. The Balaban J connectivity index is 4.67. The Bertz CT molecular complexity index is 192. The van der Waals surface area contributed by atoms with Gasteiger partial charge in [-0.15, -0.1) is 0 Å². The lowest BCUT2D eigenvalue weighted by molar-refractivity contribution is 0.0697. The van der Waals surface area contributed by atoms with Crippen LogP contribution < -0.4 is 5.73 Å². The van der Waals surface area contributed by atoms with Gasteiger partial charge >= 0.3 is 0 Å². The van der Waals surface area contributed by atoms with E-state index >= 15 is 0 Å². The molecular formula is C11H27NOSi. The summed E-state index contributed by atoms with van der Waals surface area (Å²) < 4.78 is 6.27. The number of hydrogen-bond donors (Lipinski definition) is 1. The summed E-state index contributed by atoms with van der Waals surface area (Å²) in [5.74, 6) is 0. The molecule has 0 saturated carbocycles. The molecular weight excluding hydrogens is 190 g/mol. The van der Waals surface area contributed by atoms with Crippen LogP contribution in [-0.4, -0.2) is 20.0 Å². The van der Waals surface area contributed by atoms with E-state index in [0.29, 0.717) is 0 Å². The van der Waals surface area contributed by atoms with E-state index in [4.69, 9.17) is 10.2 Å². The van der Waals surface area contributed by atoms with Crippen molar-refractivity contribution in [3.05, 3.63) is 0 Å². The van der Waals surface area contributed by atoms with Crippen molar-refractivity contribution in [2.45, 2.75) is 71.3 Å². The average molecular weight is 217 g/mol. The maximum absolute atomic E-state index is 6.27. The largest absolute Gasteiger partial charge is 0.410 e. The lowest BCUT2D eigenvalue weighted by Gasteiger charge is -2.44. The number of rotatable bonds is 3. The summed E-state index contributed by atoms with van der Waals surface area (Å²) in [6, 6.07) is 0.0663. The highest BCUT2D eigenvalue weighted by Gasteiger charge is 2.42. The molecule has 2 N–H and O–H groups in total. The Hall–Kier alpha value is 0.137. The van der Waals surface area contributed by atoms with Crippen molar-refractivity contribution < 1.29 is 4.43 Å². The predicted molar refractivity (Wildman–Crippen MR) is 66.0 cm³/mol. The summed E-state index contributed by atoms with van der Waals surface area (Å²) in [4.78, 5) is 0. The molecule has 0 spiro atoms. The molecule has 1 atom stereocenters. The molecule has 0 aromatic heterocycles. The monoisotopic (exact) mass is 217 g/mol. The molecule has 0 saturated heterocycles. The zero-order valence-electron chi connectivity index (χ0n) is 11.1. The second-order valence-electron chi connectivity index (χ2n) is 6.25. The number of hydrogen-bond acceptors (Lipinski definition) is 2. The van der Waals surface area contributed by atoms with Gasteiger partial charge in [0, 0.05) is 6.04 Å². The third-order valence-electron chi connectivity index (χ3n) is 3.42. The first kappa shape index (κ1) is 14.1. The van der Waals surface area contributed by atoms with Gasteiger partial charge in [-0.05, 0) is 38.9 Å². The van der Waals surface area contributed by atoms with E-state index in [0.717, 1.165) is 0 Å². The van der Waals surface area contributed by atoms with Gasteiger partial charge in [0.1, 0.15) is 0 Å². The van der Waals surface area contributed by atoms with E-state index in [2.05, 4.69) is 47.7 Å². The predicted octanol–water partition coefficient (Wildman–Crippen LogP) is 3.13. The molecule has 0 amide bonds. The van der Waals surface area contributed by atoms with Gasteiger partial charge in [0.2, 0.25) is 0 Å². The third-order valence-corrected chi connectivity index (χ3v) is 8.07. The van der Waals surface area contributed by atoms with Gasteiger partial charge in [0.05, 0.1) is 5.60 Å². The minimum atomic E-state index is -1.68. The average Bonchev–Trinajstić information content (AvgIpc) is 1.80. The van der Waals surface area contributed by atoms with Crippen molar-refractivity contribution >= 4 is 8.32 Å². The molecule has 2 nitrogen and oxygen atoms in total. The smallest absolute Gasteiger partial charge is 0.192 e. The normalized spacial score (nSPS) is 16.9. The van der Waals surface area contributed by atoms with Gasteiger partial charge in [-0.3, -0.25) is 0 Å².